The Bertz CT molecular complexity index is 976. The smallest absolute Gasteiger partial charge is 0.269 e. The summed E-state index contributed by atoms with van der Waals surface area (Å²) in [5.41, 5.74) is 3.62. The van der Waals surface area contributed by atoms with Gasteiger partial charge in [0.1, 0.15) is 5.92 Å². The lowest BCUT2D eigenvalue weighted by Gasteiger charge is -2.12. The molecule has 0 bridgehead atoms. The van der Waals surface area contributed by atoms with Gasteiger partial charge in [-0.3, -0.25) is 19.7 Å². The number of hydrogen-bond acceptors (Lipinski definition) is 7. The fourth-order valence-corrected chi connectivity index (χ4v) is 3.23. The number of nitro benzene ring substituents is 1. The third-order valence-electron chi connectivity index (χ3n) is 4.01. The topological polar surface area (TPSA) is 117 Å². The Labute approximate surface area is 170 Å². The summed E-state index contributed by atoms with van der Waals surface area (Å²) < 4.78 is 0. The van der Waals surface area contributed by atoms with E-state index in [4.69, 9.17) is 0 Å². The molecular weight excluding hydrogens is 394 g/mol. The van der Waals surface area contributed by atoms with Gasteiger partial charge in [-0.1, -0.05) is 18.2 Å². The molecule has 1 aliphatic rings. The van der Waals surface area contributed by atoms with E-state index in [-0.39, 0.29) is 23.3 Å². The zero-order valence-electron chi connectivity index (χ0n) is 15.4. The minimum absolute atomic E-state index is 0.00814. The number of nitrogens with zero attached hydrogens (tertiary/aromatic N) is 4. The molecule has 9 nitrogen and oxygen atoms in total. The fourth-order valence-electron chi connectivity index (χ4n) is 2.53. The lowest BCUT2D eigenvalue weighted by atomic mass is 10.1. The summed E-state index contributed by atoms with van der Waals surface area (Å²) in [6.07, 6.45) is 1.36. The molecule has 0 spiro atoms. The summed E-state index contributed by atoms with van der Waals surface area (Å²) in [5, 5.41) is 20.1. The van der Waals surface area contributed by atoms with Crippen molar-refractivity contribution in [2.45, 2.75) is 11.8 Å². The molecule has 2 aromatic rings. The second kappa shape index (κ2) is 9.11. The largest absolute Gasteiger partial charge is 0.272 e. The molecule has 10 heteroatoms. The van der Waals surface area contributed by atoms with Crippen molar-refractivity contribution in [3.05, 3.63) is 64.7 Å². The van der Waals surface area contributed by atoms with Gasteiger partial charge in [0.2, 0.25) is 5.91 Å². The Hall–Kier alpha value is -3.53. The predicted octanol–water partition coefficient (Wildman–Crippen LogP) is 2.83. The number of thioether (sulfide) groups is 1. The molecule has 1 N–H and O–H groups in total. The zero-order chi connectivity index (χ0) is 20.8. The molecule has 0 saturated heterocycles. The number of nitrogens with one attached hydrogen (secondary N) is 1. The maximum absolute atomic E-state index is 12.5. The van der Waals surface area contributed by atoms with Crippen molar-refractivity contribution in [1.82, 2.24) is 5.43 Å². The molecule has 148 valence electrons. The summed E-state index contributed by atoms with van der Waals surface area (Å²) in [4.78, 5) is 35.3. The summed E-state index contributed by atoms with van der Waals surface area (Å²) >= 11 is 1.22. The van der Waals surface area contributed by atoms with Crippen LogP contribution in [0.2, 0.25) is 0 Å². The molecule has 2 amide bonds. The second-order valence-electron chi connectivity index (χ2n) is 6.06. The third kappa shape index (κ3) is 5.05. The van der Waals surface area contributed by atoms with Crippen molar-refractivity contribution in [2.75, 3.05) is 10.8 Å². The second-order valence-corrected chi connectivity index (χ2v) is 7.11. The molecule has 0 aromatic heterocycles. The van der Waals surface area contributed by atoms with Crippen molar-refractivity contribution >= 4 is 46.9 Å². The van der Waals surface area contributed by atoms with Crippen LogP contribution >= 0.6 is 11.8 Å². The first-order valence-electron chi connectivity index (χ1n) is 8.59. The van der Waals surface area contributed by atoms with Gasteiger partial charge in [-0.2, -0.15) is 15.2 Å². The number of anilines is 1. The number of rotatable bonds is 7. The molecule has 0 fully saturated rings. The lowest BCUT2D eigenvalue weighted by molar-refractivity contribution is -0.384. The van der Waals surface area contributed by atoms with Crippen LogP contribution in [0.4, 0.5) is 11.4 Å². The number of hydrazone groups is 2. The summed E-state index contributed by atoms with van der Waals surface area (Å²) in [7, 11) is 0. The fraction of sp³-hybridized carbons (Fsp3) is 0.158. The standard InChI is InChI=1S/C19H17N5O4S/c1-13-17(19(26)23(22-13)14-5-3-2-4-6-14)11-20-21-18(25)12-29-16-9-7-15(8-10-16)24(27)28/h2-11,17H,12H2,1H3,(H,21,25)/b20-11-/t17-/m0/s1. The minimum Gasteiger partial charge on any atom is -0.272 e. The third-order valence-corrected chi connectivity index (χ3v) is 5.03. The van der Waals surface area contributed by atoms with E-state index in [1.165, 1.54) is 35.1 Å². The molecule has 0 saturated carbocycles. The first kappa shape index (κ1) is 20.2. The number of amides is 2. The van der Waals surface area contributed by atoms with Crippen LogP contribution in [0.25, 0.3) is 0 Å². The highest BCUT2D eigenvalue weighted by molar-refractivity contribution is 8.00. The van der Waals surface area contributed by atoms with E-state index in [0.29, 0.717) is 11.4 Å². The van der Waals surface area contributed by atoms with Crippen LogP contribution in [-0.4, -0.2) is 34.4 Å². The number of carbonyl (C=O) groups is 2. The van der Waals surface area contributed by atoms with E-state index >= 15 is 0 Å². The number of carbonyl (C=O) groups excluding carboxylic acids is 2. The molecule has 0 unspecified atom stereocenters. The van der Waals surface area contributed by atoms with E-state index in [0.717, 1.165) is 4.90 Å². The minimum atomic E-state index is -0.641. The summed E-state index contributed by atoms with van der Waals surface area (Å²) in [6, 6.07) is 15.0. The van der Waals surface area contributed by atoms with Crippen LogP contribution in [-0.2, 0) is 9.59 Å². The van der Waals surface area contributed by atoms with E-state index in [9.17, 15) is 19.7 Å². The van der Waals surface area contributed by atoms with Gasteiger partial charge in [0.25, 0.3) is 11.6 Å². The van der Waals surface area contributed by atoms with E-state index < -0.39 is 10.8 Å². The molecule has 1 atom stereocenters. The van der Waals surface area contributed by atoms with Gasteiger partial charge in [-0.05, 0) is 31.2 Å². The van der Waals surface area contributed by atoms with Gasteiger partial charge < -0.3 is 0 Å². The Morgan fingerprint density at radius 1 is 1.28 bits per heavy atom. The van der Waals surface area contributed by atoms with Gasteiger partial charge in [-0.15, -0.1) is 11.8 Å². The van der Waals surface area contributed by atoms with Gasteiger partial charge >= 0.3 is 0 Å². The van der Waals surface area contributed by atoms with E-state index in [2.05, 4.69) is 15.6 Å². The Morgan fingerprint density at radius 3 is 2.62 bits per heavy atom. The van der Waals surface area contributed by atoms with Gasteiger partial charge in [0, 0.05) is 23.2 Å². The number of para-hydroxylation sites is 1. The van der Waals surface area contributed by atoms with Crippen molar-refractivity contribution in [3.63, 3.8) is 0 Å². The SMILES string of the molecule is CC1=NN(c2ccccc2)C(=O)[C@H]1/C=N\NC(=O)CSc1ccc([N+](=O)[O-])cc1. The van der Waals surface area contributed by atoms with Crippen LogP contribution in [0.15, 0.2) is 69.7 Å². The highest BCUT2D eigenvalue weighted by atomic mass is 32.2. The molecule has 0 aliphatic carbocycles. The summed E-state index contributed by atoms with van der Waals surface area (Å²) in [5.74, 6) is -1.16. The van der Waals surface area contributed by atoms with Crippen molar-refractivity contribution in [1.29, 1.82) is 0 Å². The van der Waals surface area contributed by atoms with Crippen LogP contribution in [0.1, 0.15) is 6.92 Å². The summed E-state index contributed by atoms with van der Waals surface area (Å²) in [6.45, 7) is 1.73. The normalized spacial score (nSPS) is 16.2. The predicted molar refractivity (Wildman–Crippen MR) is 111 cm³/mol. The van der Waals surface area contributed by atoms with Crippen molar-refractivity contribution in [3.8, 4) is 0 Å². The Morgan fingerprint density at radius 2 is 1.97 bits per heavy atom. The Kier molecular flexibility index (Phi) is 6.35. The highest BCUT2D eigenvalue weighted by Crippen LogP contribution is 2.23. The van der Waals surface area contributed by atoms with Crippen LogP contribution in [0.3, 0.4) is 0 Å². The molecule has 2 aromatic carbocycles. The molecule has 29 heavy (non-hydrogen) atoms. The molecular formula is C19H17N5O4S. The average molecular weight is 411 g/mol. The quantitative estimate of drug-likeness (QED) is 0.325. The van der Waals surface area contributed by atoms with Crippen molar-refractivity contribution in [2.24, 2.45) is 16.1 Å². The number of non-ortho nitro benzene ring substituents is 1. The van der Waals surface area contributed by atoms with Gasteiger partial charge in [0.05, 0.1) is 22.1 Å². The molecule has 1 heterocycles. The van der Waals surface area contributed by atoms with Crippen molar-refractivity contribution < 1.29 is 14.5 Å². The van der Waals surface area contributed by atoms with Gasteiger partial charge in [0.15, 0.2) is 0 Å². The van der Waals surface area contributed by atoms with Gasteiger partial charge in [-0.25, -0.2) is 5.43 Å². The van der Waals surface area contributed by atoms with E-state index in [1.807, 2.05) is 18.2 Å². The maximum Gasteiger partial charge on any atom is 0.269 e. The lowest BCUT2D eigenvalue weighted by Crippen LogP contribution is -2.29. The maximum atomic E-state index is 12.5. The number of nitro groups is 1. The van der Waals surface area contributed by atoms with Crippen LogP contribution in [0.5, 0.6) is 0 Å². The molecule has 1 aliphatic heterocycles. The van der Waals surface area contributed by atoms with E-state index in [1.54, 1.807) is 31.2 Å². The first-order chi connectivity index (χ1) is 14.0. The van der Waals surface area contributed by atoms with Crippen LogP contribution < -0.4 is 10.4 Å². The molecule has 3 rings (SSSR count). The first-order valence-corrected chi connectivity index (χ1v) is 9.57. The zero-order valence-corrected chi connectivity index (χ0v) is 16.2. The molecule has 0 radical (unpaired) electrons. The Balaban J connectivity index is 1.50. The number of hydrogen-bond donors (Lipinski definition) is 1. The average Bonchev–Trinajstić information content (AvgIpc) is 3.01. The number of benzene rings is 2. The highest BCUT2D eigenvalue weighted by Gasteiger charge is 2.33. The monoisotopic (exact) mass is 411 g/mol. The van der Waals surface area contributed by atoms with Crippen LogP contribution in [0, 0.1) is 16.0 Å².